The van der Waals surface area contributed by atoms with E-state index < -0.39 is 22.1 Å². The lowest BCUT2D eigenvalue weighted by atomic mass is 10.0. The molecule has 1 rings (SSSR count). The fourth-order valence-corrected chi connectivity index (χ4v) is 1.94. The van der Waals surface area contributed by atoms with Crippen LogP contribution in [0, 0.1) is 0 Å². The predicted molar refractivity (Wildman–Crippen MR) is 61.8 cm³/mol. The van der Waals surface area contributed by atoms with E-state index in [0.717, 1.165) is 11.8 Å². The number of alkyl halides is 1. The Morgan fingerprint density at radius 1 is 1.31 bits per heavy atom. The molecule has 0 radical (unpaired) electrons. The molecule has 0 spiro atoms. The molecule has 0 fully saturated rings. The molecule has 1 aromatic rings. The second-order valence-corrected chi connectivity index (χ2v) is 5.98. The van der Waals surface area contributed by atoms with Crippen molar-refractivity contribution in [3.05, 3.63) is 29.8 Å². The molecule has 0 aliphatic carbocycles. The highest BCUT2D eigenvalue weighted by Crippen LogP contribution is 2.12. The van der Waals surface area contributed by atoms with Crippen molar-refractivity contribution >= 4 is 9.84 Å². The SMILES string of the molecule is CC(F)C(N)Cc1ccc(S(C)(=O)=O)cc1. The molecule has 5 heteroatoms. The maximum Gasteiger partial charge on any atom is 0.175 e. The number of sulfone groups is 1. The third-order valence-corrected chi connectivity index (χ3v) is 3.54. The van der Waals surface area contributed by atoms with Crippen LogP contribution in [0.1, 0.15) is 12.5 Å². The molecular weight excluding hydrogens is 229 g/mol. The van der Waals surface area contributed by atoms with Crippen LogP contribution in [0.4, 0.5) is 4.39 Å². The van der Waals surface area contributed by atoms with E-state index in [9.17, 15) is 12.8 Å². The van der Waals surface area contributed by atoms with Gasteiger partial charge in [0.05, 0.1) is 4.90 Å². The van der Waals surface area contributed by atoms with E-state index in [-0.39, 0.29) is 4.90 Å². The van der Waals surface area contributed by atoms with Gasteiger partial charge in [0, 0.05) is 12.3 Å². The van der Waals surface area contributed by atoms with Crippen LogP contribution >= 0.6 is 0 Å². The van der Waals surface area contributed by atoms with E-state index in [2.05, 4.69) is 0 Å². The summed E-state index contributed by atoms with van der Waals surface area (Å²) in [6.45, 7) is 1.41. The zero-order chi connectivity index (χ0) is 12.3. The third kappa shape index (κ3) is 3.57. The van der Waals surface area contributed by atoms with Gasteiger partial charge in [0.1, 0.15) is 6.17 Å². The Kier molecular flexibility index (Phi) is 4.04. The van der Waals surface area contributed by atoms with Crippen LogP contribution in [0.2, 0.25) is 0 Å². The minimum absolute atomic E-state index is 0.262. The lowest BCUT2D eigenvalue weighted by molar-refractivity contribution is 0.304. The van der Waals surface area contributed by atoms with Gasteiger partial charge >= 0.3 is 0 Å². The topological polar surface area (TPSA) is 60.2 Å². The molecule has 0 bridgehead atoms. The van der Waals surface area contributed by atoms with Gasteiger partial charge < -0.3 is 5.73 Å². The maximum atomic E-state index is 12.8. The fourth-order valence-electron chi connectivity index (χ4n) is 1.31. The normalized spacial score (nSPS) is 15.8. The van der Waals surface area contributed by atoms with Gasteiger partial charge in [-0.25, -0.2) is 12.8 Å². The average molecular weight is 245 g/mol. The molecule has 0 heterocycles. The molecule has 16 heavy (non-hydrogen) atoms. The molecule has 0 aliphatic rings. The Morgan fingerprint density at radius 2 is 1.81 bits per heavy atom. The van der Waals surface area contributed by atoms with Gasteiger partial charge in [-0.3, -0.25) is 0 Å². The summed E-state index contributed by atoms with van der Waals surface area (Å²) in [5.41, 5.74) is 6.42. The number of halogens is 1. The smallest absolute Gasteiger partial charge is 0.175 e. The highest BCUT2D eigenvalue weighted by atomic mass is 32.2. The van der Waals surface area contributed by atoms with E-state index in [4.69, 9.17) is 5.73 Å². The summed E-state index contributed by atoms with van der Waals surface area (Å²) in [4.78, 5) is 0.262. The number of nitrogens with two attached hydrogens (primary N) is 1. The van der Waals surface area contributed by atoms with Crippen LogP contribution in [0.5, 0.6) is 0 Å². The van der Waals surface area contributed by atoms with Crippen molar-refractivity contribution in [2.75, 3.05) is 6.26 Å². The summed E-state index contributed by atoms with van der Waals surface area (Å²) in [5, 5.41) is 0. The van der Waals surface area contributed by atoms with Crippen LogP contribution < -0.4 is 5.73 Å². The molecule has 0 aromatic heterocycles. The van der Waals surface area contributed by atoms with Gasteiger partial charge in [-0.1, -0.05) is 12.1 Å². The molecule has 0 saturated heterocycles. The number of rotatable bonds is 4. The molecule has 90 valence electrons. The van der Waals surface area contributed by atoms with Crippen LogP contribution in [0.25, 0.3) is 0 Å². The second-order valence-electron chi connectivity index (χ2n) is 3.96. The summed E-state index contributed by atoms with van der Waals surface area (Å²) < 4.78 is 35.2. The first kappa shape index (κ1) is 13.1. The highest BCUT2D eigenvalue weighted by molar-refractivity contribution is 7.90. The first-order chi connectivity index (χ1) is 7.30. The summed E-state index contributed by atoms with van der Waals surface area (Å²) in [6, 6.07) is 5.81. The molecule has 2 atom stereocenters. The summed E-state index contributed by atoms with van der Waals surface area (Å²) >= 11 is 0. The van der Waals surface area contributed by atoms with E-state index in [0.29, 0.717) is 6.42 Å². The highest BCUT2D eigenvalue weighted by Gasteiger charge is 2.12. The van der Waals surface area contributed by atoms with Crippen LogP contribution in [0.15, 0.2) is 29.2 Å². The molecule has 2 N–H and O–H groups in total. The largest absolute Gasteiger partial charge is 0.325 e. The van der Waals surface area contributed by atoms with Gasteiger partial charge in [0.15, 0.2) is 9.84 Å². The summed E-state index contributed by atoms with van der Waals surface area (Å²) in [7, 11) is -3.17. The van der Waals surface area contributed by atoms with Crippen molar-refractivity contribution in [2.24, 2.45) is 5.73 Å². The van der Waals surface area contributed by atoms with Crippen molar-refractivity contribution in [2.45, 2.75) is 30.5 Å². The molecular formula is C11H16FNO2S. The van der Waals surface area contributed by atoms with E-state index in [1.807, 2.05) is 0 Å². The zero-order valence-corrected chi connectivity index (χ0v) is 10.2. The number of hydrogen-bond acceptors (Lipinski definition) is 3. The van der Waals surface area contributed by atoms with E-state index in [1.54, 1.807) is 12.1 Å². The Hall–Kier alpha value is -0.940. The summed E-state index contributed by atoms with van der Waals surface area (Å²) in [5.74, 6) is 0. The Balaban J connectivity index is 2.80. The first-order valence-electron chi connectivity index (χ1n) is 4.99. The van der Waals surface area contributed by atoms with E-state index in [1.165, 1.54) is 19.1 Å². The number of hydrogen-bond donors (Lipinski definition) is 1. The molecule has 0 amide bonds. The average Bonchev–Trinajstić information content (AvgIpc) is 2.17. The minimum Gasteiger partial charge on any atom is -0.325 e. The van der Waals surface area contributed by atoms with Crippen molar-refractivity contribution in [1.29, 1.82) is 0 Å². The number of benzene rings is 1. The molecule has 2 unspecified atom stereocenters. The van der Waals surface area contributed by atoms with Crippen molar-refractivity contribution in [3.63, 3.8) is 0 Å². The quantitative estimate of drug-likeness (QED) is 0.870. The van der Waals surface area contributed by atoms with Gasteiger partial charge in [-0.2, -0.15) is 0 Å². The van der Waals surface area contributed by atoms with Crippen LogP contribution in [-0.2, 0) is 16.3 Å². The molecule has 3 nitrogen and oxygen atoms in total. The van der Waals surface area contributed by atoms with E-state index >= 15 is 0 Å². The lowest BCUT2D eigenvalue weighted by Crippen LogP contribution is -2.31. The summed E-state index contributed by atoms with van der Waals surface area (Å²) in [6.07, 6.45) is 0.480. The third-order valence-electron chi connectivity index (χ3n) is 2.41. The maximum absolute atomic E-state index is 12.8. The molecule has 1 aromatic carbocycles. The monoisotopic (exact) mass is 245 g/mol. The Bertz CT molecular complexity index is 440. The zero-order valence-electron chi connectivity index (χ0n) is 9.35. The second kappa shape index (κ2) is 4.93. The standard InChI is InChI=1S/C11H16FNO2S/c1-8(12)11(13)7-9-3-5-10(6-4-9)16(2,14)15/h3-6,8,11H,7,13H2,1-2H3. The Labute approximate surface area is 95.4 Å². The van der Waals surface area contributed by atoms with Crippen molar-refractivity contribution in [1.82, 2.24) is 0 Å². The predicted octanol–water partition coefficient (Wildman–Crippen LogP) is 1.32. The first-order valence-corrected chi connectivity index (χ1v) is 6.88. The lowest BCUT2D eigenvalue weighted by Gasteiger charge is -2.12. The Morgan fingerprint density at radius 3 is 2.19 bits per heavy atom. The van der Waals surface area contributed by atoms with Gasteiger partial charge in [-0.15, -0.1) is 0 Å². The van der Waals surface area contributed by atoms with Gasteiger partial charge in [-0.05, 0) is 31.0 Å². The van der Waals surface area contributed by atoms with Crippen molar-refractivity contribution in [3.8, 4) is 0 Å². The van der Waals surface area contributed by atoms with Gasteiger partial charge in [0.25, 0.3) is 0 Å². The van der Waals surface area contributed by atoms with Crippen LogP contribution in [-0.4, -0.2) is 26.9 Å². The molecule has 0 aliphatic heterocycles. The minimum atomic E-state index is -3.17. The van der Waals surface area contributed by atoms with Crippen molar-refractivity contribution < 1.29 is 12.8 Å². The van der Waals surface area contributed by atoms with Crippen LogP contribution in [0.3, 0.4) is 0 Å². The van der Waals surface area contributed by atoms with Gasteiger partial charge in [0.2, 0.25) is 0 Å². The molecule has 0 saturated carbocycles. The fraction of sp³-hybridized carbons (Fsp3) is 0.455.